The van der Waals surface area contributed by atoms with Gasteiger partial charge in [-0.2, -0.15) is 0 Å². The summed E-state index contributed by atoms with van der Waals surface area (Å²) in [7, 11) is 2.25. The van der Waals surface area contributed by atoms with Gasteiger partial charge in [0, 0.05) is 32.6 Å². The fourth-order valence-corrected chi connectivity index (χ4v) is 5.07. The zero-order valence-electron chi connectivity index (χ0n) is 9.74. The van der Waals surface area contributed by atoms with Crippen LogP contribution in [0.1, 0.15) is 11.3 Å². The number of rotatable bonds is 1. The van der Waals surface area contributed by atoms with Crippen molar-refractivity contribution in [1.29, 1.82) is 0 Å². The lowest BCUT2D eigenvalue weighted by Crippen LogP contribution is -2.21. The van der Waals surface area contributed by atoms with Gasteiger partial charge in [0.25, 0.3) is 0 Å². The summed E-state index contributed by atoms with van der Waals surface area (Å²) in [6, 6.07) is 9.04. The van der Waals surface area contributed by atoms with Crippen molar-refractivity contribution in [3.8, 4) is 0 Å². The zero-order valence-corrected chi connectivity index (χ0v) is 12.1. The second-order valence-electron chi connectivity index (χ2n) is 5.55. The first kappa shape index (κ1) is 10.5. The first-order valence-corrected chi connectivity index (χ1v) is 7.66. The van der Waals surface area contributed by atoms with Crippen LogP contribution in [0.4, 0.5) is 0 Å². The minimum absolute atomic E-state index is 0.519. The summed E-state index contributed by atoms with van der Waals surface area (Å²) in [5.41, 5.74) is 0.519. The molecule has 4 rings (SSSR count). The third kappa shape index (κ3) is 1.46. The summed E-state index contributed by atoms with van der Waals surface area (Å²) >= 11 is 5.55. The number of hydrogen-bond acceptors (Lipinski definition) is 2. The van der Waals surface area contributed by atoms with E-state index in [9.17, 15) is 0 Å². The summed E-state index contributed by atoms with van der Waals surface area (Å²) in [6.45, 7) is 2.55. The molecule has 17 heavy (non-hydrogen) atoms. The van der Waals surface area contributed by atoms with Crippen LogP contribution in [-0.2, 0) is 5.41 Å². The van der Waals surface area contributed by atoms with Crippen LogP contribution in [0.25, 0.3) is 10.1 Å². The minimum atomic E-state index is 0.519. The maximum atomic E-state index is 3.55. The molecule has 0 bridgehead atoms. The van der Waals surface area contributed by atoms with Gasteiger partial charge in [0.2, 0.25) is 0 Å². The zero-order chi connectivity index (χ0) is 11.6. The smallest absolute Gasteiger partial charge is 0.0346 e. The summed E-state index contributed by atoms with van der Waals surface area (Å²) in [5.74, 6) is 0.920. The lowest BCUT2D eigenvalue weighted by atomic mass is 10.0. The molecule has 1 saturated heterocycles. The molecular weight excluding hydrogens is 294 g/mol. The molecule has 1 aromatic heterocycles. The number of thiophene rings is 1. The fourth-order valence-electron chi connectivity index (χ4n) is 3.38. The largest absolute Gasteiger partial charge is 0.305 e. The molecule has 2 fully saturated rings. The van der Waals surface area contributed by atoms with Crippen molar-refractivity contribution in [2.24, 2.45) is 5.92 Å². The van der Waals surface area contributed by atoms with Gasteiger partial charge in [-0.3, -0.25) is 0 Å². The molecular formula is C14H14BrNS. The van der Waals surface area contributed by atoms with E-state index in [0.29, 0.717) is 5.41 Å². The molecule has 2 unspecified atom stereocenters. The molecule has 0 radical (unpaired) electrons. The van der Waals surface area contributed by atoms with Crippen molar-refractivity contribution in [2.75, 3.05) is 20.1 Å². The molecule has 2 aliphatic rings. The molecule has 2 atom stereocenters. The highest BCUT2D eigenvalue weighted by atomic mass is 79.9. The van der Waals surface area contributed by atoms with E-state index >= 15 is 0 Å². The predicted octanol–water partition coefficient (Wildman–Crippen LogP) is 3.87. The summed E-state index contributed by atoms with van der Waals surface area (Å²) in [5, 5.41) is 1.40. The van der Waals surface area contributed by atoms with E-state index in [2.05, 4.69) is 52.1 Å². The Labute approximate surface area is 114 Å². The van der Waals surface area contributed by atoms with Crippen molar-refractivity contribution in [3.63, 3.8) is 0 Å². The van der Waals surface area contributed by atoms with E-state index in [4.69, 9.17) is 0 Å². The third-order valence-corrected chi connectivity index (χ3v) is 6.11. The SMILES string of the molecule is CN1CC2CC2(c2cc3cc(Br)ccc3s2)C1. The Bertz CT molecular complexity index is 605. The van der Waals surface area contributed by atoms with E-state index in [-0.39, 0.29) is 0 Å². The van der Waals surface area contributed by atoms with Crippen molar-refractivity contribution in [2.45, 2.75) is 11.8 Å². The Hall–Kier alpha value is -0.380. The maximum absolute atomic E-state index is 3.55. The molecule has 1 aromatic carbocycles. The average Bonchev–Trinajstić information content (AvgIpc) is 2.70. The number of likely N-dealkylation sites (tertiary alicyclic amines) is 1. The number of halogens is 1. The highest BCUT2D eigenvalue weighted by molar-refractivity contribution is 9.10. The lowest BCUT2D eigenvalue weighted by Gasteiger charge is -2.14. The topological polar surface area (TPSA) is 3.24 Å². The van der Waals surface area contributed by atoms with Gasteiger partial charge in [-0.15, -0.1) is 11.3 Å². The average molecular weight is 308 g/mol. The Morgan fingerprint density at radius 2 is 2.29 bits per heavy atom. The molecule has 3 heteroatoms. The van der Waals surface area contributed by atoms with Gasteiger partial charge < -0.3 is 4.90 Å². The first-order chi connectivity index (χ1) is 8.17. The van der Waals surface area contributed by atoms with E-state index < -0.39 is 0 Å². The molecule has 1 saturated carbocycles. The van der Waals surface area contributed by atoms with Crippen LogP contribution >= 0.6 is 27.3 Å². The second-order valence-corrected chi connectivity index (χ2v) is 7.55. The molecule has 1 aliphatic carbocycles. The molecule has 0 N–H and O–H groups in total. The molecule has 1 nitrogen and oxygen atoms in total. The molecule has 0 amide bonds. The number of piperidine rings is 1. The Balaban J connectivity index is 1.82. The van der Waals surface area contributed by atoms with Crippen LogP contribution in [0.3, 0.4) is 0 Å². The Morgan fingerprint density at radius 3 is 3.06 bits per heavy atom. The van der Waals surface area contributed by atoms with Crippen molar-refractivity contribution < 1.29 is 0 Å². The standard InChI is InChI=1S/C14H14BrNS/c1-16-7-10-6-14(10,8-16)13-5-9-4-11(15)2-3-12(9)17-13/h2-5,10H,6-8H2,1H3. The molecule has 2 aromatic rings. The summed E-state index contributed by atoms with van der Waals surface area (Å²) < 4.78 is 2.61. The van der Waals surface area contributed by atoms with Crippen molar-refractivity contribution >= 4 is 37.4 Å². The van der Waals surface area contributed by atoms with Gasteiger partial charge in [0.15, 0.2) is 0 Å². The fraction of sp³-hybridized carbons (Fsp3) is 0.429. The molecule has 0 spiro atoms. The Morgan fingerprint density at radius 1 is 1.41 bits per heavy atom. The van der Waals surface area contributed by atoms with Crippen molar-refractivity contribution in [3.05, 3.63) is 33.6 Å². The van der Waals surface area contributed by atoms with Crippen LogP contribution in [0.5, 0.6) is 0 Å². The number of benzene rings is 1. The van der Waals surface area contributed by atoms with Gasteiger partial charge in [-0.1, -0.05) is 15.9 Å². The Kier molecular flexibility index (Phi) is 2.07. The van der Waals surface area contributed by atoms with Gasteiger partial charge >= 0.3 is 0 Å². The monoisotopic (exact) mass is 307 g/mol. The minimum Gasteiger partial charge on any atom is -0.305 e. The molecule has 2 heterocycles. The maximum Gasteiger partial charge on any atom is 0.0346 e. The second kappa shape index (κ2) is 3.34. The van der Waals surface area contributed by atoms with Crippen LogP contribution in [0.15, 0.2) is 28.7 Å². The number of hydrogen-bond donors (Lipinski definition) is 0. The van der Waals surface area contributed by atoms with Crippen LogP contribution in [0, 0.1) is 5.92 Å². The molecule has 1 aliphatic heterocycles. The first-order valence-electron chi connectivity index (χ1n) is 6.05. The number of fused-ring (bicyclic) bond motifs is 2. The summed E-state index contributed by atoms with van der Waals surface area (Å²) in [6.07, 6.45) is 1.41. The van der Waals surface area contributed by atoms with E-state index in [0.717, 1.165) is 5.92 Å². The van der Waals surface area contributed by atoms with Crippen LogP contribution in [0.2, 0.25) is 0 Å². The van der Waals surface area contributed by atoms with Gasteiger partial charge in [0.1, 0.15) is 0 Å². The predicted molar refractivity (Wildman–Crippen MR) is 76.8 cm³/mol. The van der Waals surface area contributed by atoms with Crippen molar-refractivity contribution in [1.82, 2.24) is 4.90 Å². The van der Waals surface area contributed by atoms with E-state index in [1.807, 2.05) is 11.3 Å². The van der Waals surface area contributed by atoms with Gasteiger partial charge in [0.05, 0.1) is 0 Å². The lowest BCUT2D eigenvalue weighted by molar-refractivity contribution is 0.364. The molecule has 88 valence electrons. The van der Waals surface area contributed by atoms with E-state index in [1.54, 1.807) is 4.88 Å². The van der Waals surface area contributed by atoms with Crippen LogP contribution in [-0.4, -0.2) is 25.0 Å². The number of nitrogens with zero attached hydrogens (tertiary/aromatic N) is 1. The highest BCUT2D eigenvalue weighted by Gasteiger charge is 2.60. The summed E-state index contributed by atoms with van der Waals surface area (Å²) in [4.78, 5) is 4.09. The highest BCUT2D eigenvalue weighted by Crippen LogP contribution is 2.60. The van der Waals surface area contributed by atoms with Gasteiger partial charge in [-0.25, -0.2) is 0 Å². The third-order valence-electron chi connectivity index (χ3n) is 4.29. The van der Waals surface area contributed by atoms with E-state index in [1.165, 1.54) is 34.1 Å². The van der Waals surface area contributed by atoms with Gasteiger partial charge in [-0.05, 0) is 49.0 Å². The quantitative estimate of drug-likeness (QED) is 0.773. The normalized spacial score (nSPS) is 32.0. The number of likely N-dealkylation sites (N-methyl/N-ethyl adjacent to an activating group) is 1. The van der Waals surface area contributed by atoms with Crippen LogP contribution < -0.4 is 0 Å².